The first-order chi connectivity index (χ1) is 14.1. The van der Waals surface area contributed by atoms with E-state index in [1.807, 2.05) is 30.3 Å². The van der Waals surface area contributed by atoms with Crippen molar-refractivity contribution in [2.45, 2.75) is 6.61 Å². The van der Waals surface area contributed by atoms with Gasteiger partial charge in [-0.2, -0.15) is 0 Å². The van der Waals surface area contributed by atoms with E-state index in [0.29, 0.717) is 40.4 Å². The third-order valence-electron chi connectivity index (χ3n) is 4.34. The van der Waals surface area contributed by atoms with E-state index in [-0.39, 0.29) is 5.69 Å². The molecule has 0 atom stereocenters. The number of pyridine rings is 1. The van der Waals surface area contributed by atoms with Gasteiger partial charge in [0.2, 0.25) is 5.69 Å². The van der Waals surface area contributed by atoms with Crippen LogP contribution >= 0.6 is 0 Å². The van der Waals surface area contributed by atoms with Gasteiger partial charge in [0.05, 0.1) is 17.8 Å². The van der Waals surface area contributed by atoms with Crippen LogP contribution in [0.2, 0.25) is 0 Å². The molecule has 142 valence electrons. The molecule has 0 unspecified atom stereocenters. The zero-order valence-electron chi connectivity index (χ0n) is 15.3. The first-order valence-corrected chi connectivity index (χ1v) is 8.84. The van der Waals surface area contributed by atoms with Gasteiger partial charge in [0.1, 0.15) is 29.7 Å². The summed E-state index contributed by atoms with van der Waals surface area (Å²) in [6, 6.07) is 19.0. The van der Waals surface area contributed by atoms with Crippen molar-refractivity contribution in [2.75, 3.05) is 5.73 Å². The number of nitrogen functional groups attached to an aromatic ring is 1. The Morgan fingerprint density at radius 1 is 1.00 bits per heavy atom. The van der Waals surface area contributed by atoms with Gasteiger partial charge in [-0.3, -0.25) is 4.98 Å². The molecule has 0 saturated carbocycles. The molecule has 2 N–H and O–H groups in total. The average Bonchev–Trinajstić information content (AvgIpc) is 2.75. The summed E-state index contributed by atoms with van der Waals surface area (Å²) in [4.78, 5) is 7.92. The van der Waals surface area contributed by atoms with E-state index >= 15 is 0 Å². The number of fused-ring (bicyclic) bond motifs is 1. The molecule has 0 aliphatic heterocycles. The topological polar surface area (TPSA) is 61.7 Å². The number of aromatic nitrogens is 1. The molecular weight excluding hydrogens is 369 g/mol. The molecule has 1 heterocycles. The van der Waals surface area contributed by atoms with Gasteiger partial charge in [-0.05, 0) is 35.9 Å². The summed E-state index contributed by atoms with van der Waals surface area (Å²) in [5.74, 6) is 0.649. The SMILES string of the molecule is [C-]#[N+]c1cc2c(Oc3ccc(N)c(F)c3)ccnc2cc1OCc1ccccc1. The maximum atomic E-state index is 13.7. The summed E-state index contributed by atoms with van der Waals surface area (Å²) in [5.41, 5.74) is 7.51. The second-order valence-electron chi connectivity index (χ2n) is 6.32. The van der Waals surface area contributed by atoms with E-state index in [0.717, 1.165) is 5.56 Å². The van der Waals surface area contributed by atoms with Crippen LogP contribution in [-0.2, 0) is 6.61 Å². The Hall–Kier alpha value is -4.11. The van der Waals surface area contributed by atoms with Gasteiger partial charge in [-0.1, -0.05) is 30.3 Å². The summed E-state index contributed by atoms with van der Waals surface area (Å²) in [6.07, 6.45) is 1.59. The molecular formula is C23H16FN3O2. The van der Waals surface area contributed by atoms with Gasteiger partial charge >= 0.3 is 0 Å². The molecule has 4 rings (SSSR count). The highest BCUT2D eigenvalue weighted by molar-refractivity contribution is 5.91. The number of ether oxygens (including phenoxy) is 2. The van der Waals surface area contributed by atoms with Crippen LogP contribution in [0.4, 0.5) is 15.8 Å². The number of benzene rings is 3. The Balaban J connectivity index is 1.67. The van der Waals surface area contributed by atoms with Crippen LogP contribution < -0.4 is 15.2 Å². The maximum Gasteiger partial charge on any atom is 0.229 e. The highest BCUT2D eigenvalue weighted by atomic mass is 19.1. The lowest BCUT2D eigenvalue weighted by Crippen LogP contribution is -1.96. The Morgan fingerprint density at radius 3 is 2.59 bits per heavy atom. The first kappa shape index (κ1) is 18.3. The van der Waals surface area contributed by atoms with Gasteiger partial charge in [0.15, 0.2) is 0 Å². The van der Waals surface area contributed by atoms with Gasteiger partial charge in [0, 0.05) is 17.6 Å². The first-order valence-electron chi connectivity index (χ1n) is 8.84. The molecule has 29 heavy (non-hydrogen) atoms. The van der Waals surface area contributed by atoms with E-state index in [1.165, 1.54) is 12.1 Å². The molecule has 0 saturated heterocycles. The molecule has 6 heteroatoms. The zero-order chi connectivity index (χ0) is 20.2. The van der Waals surface area contributed by atoms with Crippen molar-refractivity contribution in [3.63, 3.8) is 0 Å². The third kappa shape index (κ3) is 3.94. The minimum atomic E-state index is -0.556. The monoisotopic (exact) mass is 385 g/mol. The van der Waals surface area contributed by atoms with Crippen LogP contribution in [0, 0.1) is 12.4 Å². The van der Waals surface area contributed by atoms with Crippen LogP contribution in [0.25, 0.3) is 15.7 Å². The average molecular weight is 385 g/mol. The summed E-state index contributed by atoms with van der Waals surface area (Å²) >= 11 is 0. The van der Waals surface area contributed by atoms with Crippen LogP contribution in [0.3, 0.4) is 0 Å². The molecule has 3 aromatic carbocycles. The summed E-state index contributed by atoms with van der Waals surface area (Å²) in [6.45, 7) is 7.85. The fraction of sp³-hybridized carbons (Fsp3) is 0.0435. The second-order valence-corrected chi connectivity index (χ2v) is 6.32. The molecule has 0 amide bonds. The lowest BCUT2D eigenvalue weighted by molar-refractivity contribution is 0.308. The number of hydrogen-bond acceptors (Lipinski definition) is 4. The number of rotatable bonds is 5. The Kier molecular flexibility index (Phi) is 4.95. The van der Waals surface area contributed by atoms with Crippen LogP contribution in [-0.4, -0.2) is 4.98 Å². The lowest BCUT2D eigenvalue weighted by atomic mass is 10.1. The number of halogens is 1. The molecule has 0 aliphatic rings. The van der Waals surface area contributed by atoms with Crippen LogP contribution in [0.15, 0.2) is 72.9 Å². The van der Waals surface area contributed by atoms with Crippen molar-refractivity contribution in [2.24, 2.45) is 0 Å². The highest BCUT2D eigenvalue weighted by Crippen LogP contribution is 2.37. The zero-order valence-corrected chi connectivity index (χ0v) is 15.3. The number of nitrogens with zero attached hydrogens (tertiary/aromatic N) is 2. The highest BCUT2D eigenvalue weighted by Gasteiger charge is 2.12. The molecule has 0 bridgehead atoms. The van der Waals surface area contributed by atoms with E-state index in [1.54, 1.807) is 30.5 Å². The Morgan fingerprint density at radius 2 is 1.83 bits per heavy atom. The van der Waals surface area contributed by atoms with Crippen molar-refractivity contribution in [1.29, 1.82) is 0 Å². The van der Waals surface area contributed by atoms with Gasteiger partial charge in [-0.15, -0.1) is 0 Å². The van der Waals surface area contributed by atoms with E-state index in [2.05, 4.69) is 9.83 Å². The van der Waals surface area contributed by atoms with E-state index in [9.17, 15) is 4.39 Å². The van der Waals surface area contributed by atoms with E-state index in [4.69, 9.17) is 21.8 Å². The number of anilines is 1. The summed E-state index contributed by atoms with van der Waals surface area (Å²) < 4.78 is 25.4. The molecule has 0 spiro atoms. The van der Waals surface area contributed by atoms with Crippen molar-refractivity contribution in [3.8, 4) is 17.2 Å². The predicted molar refractivity (Wildman–Crippen MR) is 110 cm³/mol. The predicted octanol–water partition coefficient (Wildman–Crippen LogP) is 5.88. The lowest BCUT2D eigenvalue weighted by Gasteiger charge is -2.12. The second kappa shape index (κ2) is 7.87. The molecule has 5 nitrogen and oxygen atoms in total. The van der Waals surface area contributed by atoms with Crippen molar-refractivity contribution in [3.05, 3.63) is 95.7 Å². The number of nitrogens with two attached hydrogens (primary N) is 1. The molecule has 4 aromatic rings. The fourth-order valence-electron chi connectivity index (χ4n) is 2.86. The standard InChI is InChI=1S/C23H16FN3O2/c1-26-21-12-17-20(13-23(21)28-14-15-5-3-2-4-6-15)27-10-9-22(17)29-16-7-8-19(25)18(24)11-16/h2-13H,14,25H2. The van der Waals surface area contributed by atoms with Gasteiger partial charge < -0.3 is 15.2 Å². The smallest absolute Gasteiger partial charge is 0.229 e. The third-order valence-corrected chi connectivity index (χ3v) is 4.34. The van der Waals surface area contributed by atoms with Crippen molar-refractivity contribution >= 4 is 22.3 Å². The largest absolute Gasteiger partial charge is 0.500 e. The van der Waals surface area contributed by atoms with Gasteiger partial charge in [-0.25, -0.2) is 9.24 Å². The van der Waals surface area contributed by atoms with Crippen molar-refractivity contribution in [1.82, 2.24) is 4.98 Å². The maximum absolute atomic E-state index is 13.7. The van der Waals surface area contributed by atoms with Crippen LogP contribution in [0.1, 0.15) is 5.56 Å². The van der Waals surface area contributed by atoms with Crippen LogP contribution in [0.5, 0.6) is 17.2 Å². The summed E-state index contributed by atoms with van der Waals surface area (Å²) in [7, 11) is 0. The van der Waals surface area contributed by atoms with Crippen molar-refractivity contribution < 1.29 is 13.9 Å². The fourth-order valence-corrected chi connectivity index (χ4v) is 2.86. The molecule has 0 radical (unpaired) electrons. The molecule has 1 aromatic heterocycles. The summed E-state index contributed by atoms with van der Waals surface area (Å²) in [5, 5.41) is 0.628. The normalized spacial score (nSPS) is 10.5. The Labute approximate surface area is 167 Å². The number of hydrogen-bond donors (Lipinski definition) is 1. The minimum absolute atomic E-state index is 0.0486. The van der Waals surface area contributed by atoms with E-state index < -0.39 is 5.82 Å². The molecule has 0 fully saturated rings. The quantitative estimate of drug-likeness (QED) is 0.344. The van der Waals surface area contributed by atoms with Gasteiger partial charge in [0.25, 0.3) is 0 Å². The minimum Gasteiger partial charge on any atom is -0.500 e. The Bertz CT molecular complexity index is 1220. The molecule has 0 aliphatic carbocycles.